The summed E-state index contributed by atoms with van der Waals surface area (Å²) < 4.78 is -0.0329. The molecule has 4 heteroatoms. The molecule has 0 saturated heterocycles. The standard InChI is InChI=1S/C11H15N2O.Sn.H/c1-3-12-9-13(14,4-2)11-8-6-5-7-10(11)12;;/h5-9H,3-4H2,1-2H3;;. The number of anilines is 1. The Bertz CT molecular complexity index is 371. The number of rotatable bonds is 2. The fourth-order valence-corrected chi connectivity index (χ4v) is 4.37. The molecule has 2 atom stereocenters. The second kappa shape index (κ2) is 3.96. The van der Waals surface area contributed by atoms with E-state index in [4.69, 9.17) is 0 Å². The third kappa shape index (κ3) is 1.48. The number of nitrogens with zero attached hydrogens (tertiary/aromatic N) is 2. The zero-order valence-electron chi connectivity index (χ0n) is 9.18. The predicted molar refractivity (Wildman–Crippen MR) is 66.1 cm³/mol. The van der Waals surface area contributed by atoms with Crippen molar-refractivity contribution in [3.63, 3.8) is 0 Å². The molecule has 1 aromatic rings. The van der Waals surface area contributed by atoms with Gasteiger partial charge in [0.15, 0.2) is 0 Å². The van der Waals surface area contributed by atoms with Crippen molar-refractivity contribution in [1.29, 1.82) is 0 Å². The molecular weight excluding hydrogens is 295 g/mol. The van der Waals surface area contributed by atoms with E-state index in [0.717, 1.165) is 40.4 Å². The maximum absolute atomic E-state index is 12.7. The van der Waals surface area contributed by atoms with E-state index in [1.807, 2.05) is 25.1 Å². The van der Waals surface area contributed by atoms with Gasteiger partial charge in [0.2, 0.25) is 0 Å². The van der Waals surface area contributed by atoms with Crippen molar-refractivity contribution in [2.24, 2.45) is 0 Å². The van der Waals surface area contributed by atoms with Crippen LogP contribution in [0.15, 0.2) is 24.3 Å². The third-order valence-corrected chi connectivity index (χ3v) is 5.56. The van der Waals surface area contributed by atoms with Crippen LogP contribution in [-0.2, 0) is 0 Å². The molecule has 0 saturated carbocycles. The van der Waals surface area contributed by atoms with Crippen molar-refractivity contribution in [3.8, 4) is 0 Å². The summed E-state index contributed by atoms with van der Waals surface area (Å²) in [6.07, 6.45) is 0. The van der Waals surface area contributed by atoms with Gasteiger partial charge in [0, 0.05) is 0 Å². The van der Waals surface area contributed by atoms with Crippen molar-refractivity contribution >= 4 is 33.9 Å². The average Bonchev–Trinajstić information content (AvgIpc) is 2.50. The molecule has 15 heavy (non-hydrogen) atoms. The van der Waals surface area contributed by atoms with E-state index in [-0.39, 0.29) is 8.83 Å². The van der Waals surface area contributed by atoms with Gasteiger partial charge in [-0.15, -0.1) is 0 Å². The topological polar surface area (TPSA) is 26.3 Å². The molecule has 3 nitrogen and oxygen atoms in total. The number of hydrogen-bond acceptors (Lipinski definition) is 2. The molecular formula is C11H16N2OSn. The second-order valence-electron chi connectivity index (χ2n) is 3.80. The SMILES string of the molecule is CCN1c2ccccc2[N+]([O-])(CC)[CH]1[SnH]. The summed E-state index contributed by atoms with van der Waals surface area (Å²) in [5.41, 5.74) is 2.08. The van der Waals surface area contributed by atoms with Gasteiger partial charge >= 0.3 is 104 Å². The van der Waals surface area contributed by atoms with Gasteiger partial charge in [0.05, 0.1) is 0 Å². The van der Waals surface area contributed by atoms with Crippen LogP contribution in [0.1, 0.15) is 13.8 Å². The van der Waals surface area contributed by atoms with Crippen molar-refractivity contribution in [1.82, 2.24) is 4.65 Å². The third-order valence-electron chi connectivity index (χ3n) is 3.16. The molecule has 1 aliphatic heterocycles. The molecule has 2 radical (unpaired) electrons. The minimum atomic E-state index is -0.160. The summed E-state index contributed by atoms with van der Waals surface area (Å²) in [7, 11) is 0. The summed E-state index contributed by atoms with van der Waals surface area (Å²) >= 11 is 0.974. The monoisotopic (exact) mass is 312 g/mol. The zero-order chi connectivity index (χ0) is 11.1. The predicted octanol–water partition coefficient (Wildman–Crippen LogP) is 1.54. The molecule has 1 heterocycles. The maximum atomic E-state index is 12.7. The van der Waals surface area contributed by atoms with Crippen molar-refractivity contribution in [3.05, 3.63) is 29.5 Å². The van der Waals surface area contributed by atoms with Gasteiger partial charge < -0.3 is 0 Å². The van der Waals surface area contributed by atoms with E-state index in [0.29, 0.717) is 6.54 Å². The number of quaternary nitrogens is 1. The van der Waals surface area contributed by atoms with Gasteiger partial charge in [-0.3, -0.25) is 0 Å². The Morgan fingerprint density at radius 2 is 2.07 bits per heavy atom. The summed E-state index contributed by atoms with van der Waals surface area (Å²) in [5.74, 6) is 0. The molecule has 0 bridgehead atoms. The number of hydroxylamine groups is 2. The van der Waals surface area contributed by atoms with Crippen LogP contribution in [0, 0.1) is 5.21 Å². The first kappa shape index (κ1) is 11.2. The van der Waals surface area contributed by atoms with E-state index in [1.165, 1.54) is 0 Å². The molecule has 1 aromatic carbocycles. The van der Waals surface area contributed by atoms with Gasteiger partial charge in [-0.05, 0) is 0 Å². The van der Waals surface area contributed by atoms with Crippen molar-refractivity contribution in [2.75, 3.05) is 18.0 Å². The minimum absolute atomic E-state index is 0.128. The van der Waals surface area contributed by atoms with Crippen LogP contribution in [0.5, 0.6) is 0 Å². The Labute approximate surface area is 104 Å². The van der Waals surface area contributed by atoms with Crippen LogP contribution in [-0.4, -0.2) is 39.8 Å². The number of para-hydroxylation sites is 2. The first-order valence-corrected chi connectivity index (χ1v) is 7.26. The molecule has 0 N–H and O–H groups in total. The number of hydrogen-bond donors (Lipinski definition) is 0. The molecule has 0 spiro atoms. The van der Waals surface area contributed by atoms with Gasteiger partial charge in [0.25, 0.3) is 0 Å². The fourth-order valence-electron chi connectivity index (χ4n) is 2.25. The molecule has 0 aromatic heterocycles. The molecule has 80 valence electrons. The second-order valence-corrected chi connectivity index (χ2v) is 5.50. The van der Waals surface area contributed by atoms with E-state index < -0.39 is 0 Å². The molecule has 2 rings (SSSR count). The van der Waals surface area contributed by atoms with Gasteiger partial charge in [-0.2, -0.15) is 0 Å². The van der Waals surface area contributed by atoms with Crippen LogP contribution >= 0.6 is 0 Å². The van der Waals surface area contributed by atoms with E-state index in [1.54, 1.807) is 0 Å². The average molecular weight is 311 g/mol. The van der Waals surface area contributed by atoms with E-state index >= 15 is 0 Å². The van der Waals surface area contributed by atoms with Crippen LogP contribution in [0.3, 0.4) is 0 Å². The van der Waals surface area contributed by atoms with Crippen LogP contribution < -0.4 is 9.55 Å². The Morgan fingerprint density at radius 1 is 1.40 bits per heavy atom. The number of fused-ring (bicyclic) bond motifs is 1. The Hall–Kier alpha value is -0.261. The summed E-state index contributed by atoms with van der Waals surface area (Å²) in [5, 5.41) is 12.7. The summed E-state index contributed by atoms with van der Waals surface area (Å²) in [4.78, 5) is 2.24. The Morgan fingerprint density at radius 3 is 2.67 bits per heavy atom. The molecule has 2 unspecified atom stereocenters. The van der Waals surface area contributed by atoms with Crippen LogP contribution in [0.2, 0.25) is 0 Å². The Kier molecular flexibility index (Phi) is 2.96. The quantitative estimate of drug-likeness (QED) is 0.470. The van der Waals surface area contributed by atoms with Crippen molar-refractivity contribution in [2.45, 2.75) is 18.0 Å². The molecule has 1 aliphatic rings. The van der Waals surface area contributed by atoms with Crippen LogP contribution in [0.4, 0.5) is 11.4 Å². The first-order valence-electron chi connectivity index (χ1n) is 5.35. The molecule has 0 fully saturated rings. The fraction of sp³-hybridized carbons (Fsp3) is 0.455. The molecule has 0 aliphatic carbocycles. The van der Waals surface area contributed by atoms with Gasteiger partial charge in [0.1, 0.15) is 0 Å². The van der Waals surface area contributed by atoms with E-state index in [2.05, 4.69) is 17.9 Å². The van der Waals surface area contributed by atoms with Crippen LogP contribution in [0.25, 0.3) is 0 Å². The van der Waals surface area contributed by atoms with Gasteiger partial charge in [-0.1, -0.05) is 0 Å². The summed E-state index contributed by atoms with van der Waals surface area (Å²) in [6, 6.07) is 8.02. The molecule has 0 amide bonds. The van der Waals surface area contributed by atoms with Crippen molar-refractivity contribution < 1.29 is 0 Å². The zero-order valence-corrected chi connectivity index (χ0v) is 12.5. The van der Waals surface area contributed by atoms with Gasteiger partial charge in [-0.25, -0.2) is 0 Å². The summed E-state index contributed by atoms with van der Waals surface area (Å²) in [6.45, 7) is 5.64. The Balaban J connectivity index is 2.56. The normalized spacial score (nSPS) is 29.3. The first-order chi connectivity index (χ1) is 7.15. The van der Waals surface area contributed by atoms with E-state index in [9.17, 15) is 5.21 Å². The number of benzene rings is 1.